The Labute approximate surface area is 179 Å². The van der Waals surface area contributed by atoms with Gasteiger partial charge in [-0.25, -0.2) is 0 Å². The number of hydrogen-bond donors (Lipinski definition) is 2. The minimum Gasteiger partial charge on any atom is -0.491 e. The number of anilines is 2. The molecule has 0 saturated carbocycles. The van der Waals surface area contributed by atoms with E-state index in [1.165, 1.54) is 0 Å². The van der Waals surface area contributed by atoms with Gasteiger partial charge in [0.15, 0.2) is 5.76 Å². The van der Waals surface area contributed by atoms with Gasteiger partial charge in [0.1, 0.15) is 11.3 Å². The predicted octanol–water partition coefficient (Wildman–Crippen LogP) is 5.72. The smallest absolute Gasteiger partial charge is 0.291 e. The number of rotatable bonds is 6. The molecular weight excluding hydrogens is 392 g/mol. The zero-order valence-electron chi connectivity index (χ0n) is 17.2. The van der Waals surface area contributed by atoms with Crippen molar-refractivity contribution in [3.05, 3.63) is 90.2 Å². The number of carbonyl (C=O) groups is 2. The molecule has 0 unspecified atom stereocenters. The highest BCUT2D eigenvalue weighted by Crippen LogP contribution is 2.21. The van der Waals surface area contributed by atoms with Gasteiger partial charge >= 0.3 is 0 Å². The van der Waals surface area contributed by atoms with Crippen molar-refractivity contribution in [1.82, 2.24) is 0 Å². The van der Waals surface area contributed by atoms with Gasteiger partial charge in [-0.3, -0.25) is 9.59 Å². The maximum atomic E-state index is 12.5. The van der Waals surface area contributed by atoms with Crippen molar-refractivity contribution >= 4 is 34.2 Å². The lowest BCUT2D eigenvalue weighted by Gasteiger charge is -2.11. The molecule has 4 aromatic rings. The second-order valence-corrected chi connectivity index (χ2v) is 7.33. The van der Waals surface area contributed by atoms with Crippen LogP contribution in [0.5, 0.6) is 5.75 Å². The minimum atomic E-state index is -0.338. The molecule has 0 aliphatic heterocycles. The summed E-state index contributed by atoms with van der Waals surface area (Å²) in [5.41, 5.74) is 2.37. The number of carbonyl (C=O) groups excluding carboxylic acids is 2. The molecule has 1 aromatic heterocycles. The van der Waals surface area contributed by atoms with E-state index in [9.17, 15) is 9.59 Å². The number of amides is 2. The SMILES string of the molecule is CC(C)Oc1cccc(C(=O)Nc2ccc(NC(=O)c3cc4ccccc4o3)cc2)c1. The summed E-state index contributed by atoms with van der Waals surface area (Å²) in [5.74, 6) is 0.302. The highest BCUT2D eigenvalue weighted by Gasteiger charge is 2.13. The van der Waals surface area contributed by atoms with Gasteiger partial charge in [-0.2, -0.15) is 0 Å². The number of benzene rings is 3. The zero-order chi connectivity index (χ0) is 21.8. The highest BCUT2D eigenvalue weighted by atomic mass is 16.5. The summed E-state index contributed by atoms with van der Waals surface area (Å²) in [7, 11) is 0. The van der Waals surface area contributed by atoms with Crippen molar-refractivity contribution in [2.45, 2.75) is 20.0 Å². The molecule has 4 rings (SSSR count). The first-order chi connectivity index (χ1) is 15.0. The Morgan fingerprint density at radius 2 is 1.48 bits per heavy atom. The van der Waals surface area contributed by atoms with Crippen LogP contribution in [0.4, 0.5) is 11.4 Å². The fourth-order valence-corrected chi connectivity index (χ4v) is 3.11. The third-order valence-corrected chi connectivity index (χ3v) is 4.52. The van der Waals surface area contributed by atoms with Crippen molar-refractivity contribution in [3.8, 4) is 5.75 Å². The molecular formula is C25H22N2O4. The van der Waals surface area contributed by atoms with Crippen LogP contribution >= 0.6 is 0 Å². The molecule has 0 aliphatic rings. The molecule has 156 valence electrons. The topological polar surface area (TPSA) is 80.6 Å². The van der Waals surface area contributed by atoms with Crippen LogP contribution in [0.15, 0.2) is 83.3 Å². The van der Waals surface area contributed by atoms with Crippen LogP contribution in [0.25, 0.3) is 11.0 Å². The minimum absolute atomic E-state index is 0.0284. The van der Waals surface area contributed by atoms with E-state index in [1.807, 2.05) is 44.2 Å². The average Bonchev–Trinajstić information content (AvgIpc) is 3.19. The molecule has 0 spiro atoms. The van der Waals surface area contributed by atoms with Crippen molar-refractivity contribution in [3.63, 3.8) is 0 Å². The van der Waals surface area contributed by atoms with E-state index in [0.717, 1.165) is 5.39 Å². The van der Waals surface area contributed by atoms with Crippen molar-refractivity contribution in [1.29, 1.82) is 0 Å². The summed E-state index contributed by atoms with van der Waals surface area (Å²) in [5, 5.41) is 6.51. The van der Waals surface area contributed by atoms with Gasteiger partial charge < -0.3 is 19.8 Å². The lowest BCUT2D eigenvalue weighted by molar-refractivity contribution is 0.0996. The van der Waals surface area contributed by atoms with Gasteiger partial charge in [-0.1, -0.05) is 24.3 Å². The Morgan fingerprint density at radius 3 is 2.16 bits per heavy atom. The van der Waals surface area contributed by atoms with E-state index in [1.54, 1.807) is 48.5 Å². The summed E-state index contributed by atoms with van der Waals surface area (Å²) in [6.07, 6.45) is 0.0284. The molecule has 0 fully saturated rings. The first-order valence-electron chi connectivity index (χ1n) is 9.96. The van der Waals surface area contributed by atoms with E-state index in [4.69, 9.17) is 9.15 Å². The molecule has 31 heavy (non-hydrogen) atoms. The fourth-order valence-electron chi connectivity index (χ4n) is 3.11. The van der Waals surface area contributed by atoms with Gasteiger partial charge in [-0.15, -0.1) is 0 Å². The number of hydrogen-bond acceptors (Lipinski definition) is 4. The van der Waals surface area contributed by atoms with Gasteiger partial charge in [-0.05, 0) is 68.4 Å². The Morgan fingerprint density at radius 1 is 0.806 bits per heavy atom. The van der Waals surface area contributed by atoms with Crippen LogP contribution in [0.1, 0.15) is 34.8 Å². The van der Waals surface area contributed by atoms with Gasteiger partial charge in [0.25, 0.3) is 11.8 Å². The first kappa shape index (κ1) is 20.2. The summed E-state index contributed by atoms with van der Waals surface area (Å²) in [6, 6.07) is 23.1. The summed E-state index contributed by atoms with van der Waals surface area (Å²) in [6.45, 7) is 3.86. The zero-order valence-corrected chi connectivity index (χ0v) is 17.2. The van der Waals surface area contributed by atoms with E-state index >= 15 is 0 Å². The van der Waals surface area contributed by atoms with Gasteiger partial charge in [0, 0.05) is 22.3 Å². The third-order valence-electron chi connectivity index (χ3n) is 4.52. The maximum Gasteiger partial charge on any atom is 0.291 e. The monoisotopic (exact) mass is 414 g/mol. The second kappa shape index (κ2) is 8.75. The van der Waals surface area contributed by atoms with E-state index < -0.39 is 0 Å². The standard InChI is InChI=1S/C25H22N2O4/c1-16(2)30-21-8-5-7-18(14-21)24(28)26-19-10-12-20(13-11-19)27-25(29)23-15-17-6-3-4-9-22(17)31-23/h3-16H,1-2H3,(H,26,28)(H,27,29). The van der Waals surface area contributed by atoms with Crippen molar-refractivity contribution in [2.24, 2.45) is 0 Å². The average molecular weight is 414 g/mol. The highest BCUT2D eigenvalue weighted by molar-refractivity contribution is 6.06. The largest absolute Gasteiger partial charge is 0.491 e. The Balaban J connectivity index is 1.40. The molecule has 6 nitrogen and oxygen atoms in total. The molecule has 6 heteroatoms. The van der Waals surface area contributed by atoms with Crippen LogP contribution in [0.3, 0.4) is 0 Å². The lowest BCUT2D eigenvalue weighted by Crippen LogP contribution is -2.13. The predicted molar refractivity (Wildman–Crippen MR) is 121 cm³/mol. The molecule has 0 radical (unpaired) electrons. The first-order valence-corrected chi connectivity index (χ1v) is 9.96. The molecule has 3 aromatic carbocycles. The normalized spacial score (nSPS) is 10.8. The lowest BCUT2D eigenvalue weighted by atomic mass is 10.2. The van der Waals surface area contributed by atoms with Crippen LogP contribution in [0, 0.1) is 0 Å². The Bertz CT molecular complexity index is 1190. The summed E-state index contributed by atoms with van der Waals surface area (Å²) in [4.78, 5) is 25.0. The number of furan rings is 1. The van der Waals surface area contributed by atoms with E-state index in [2.05, 4.69) is 10.6 Å². The number of nitrogens with one attached hydrogen (secondary N) is 2. The van der Waals surface area contributed by atoms with E-state index in [-0.39, 0.29) is 23.7 Å². The summed E-state index contributed by atoms with van der Waals surface area (Å²) >= 11 is 0. The molecule has 2 N–H and O–H groups in total. The molecule has 0 bridgehead atoms. The number of fused-ring (bicyclic) bond motifs is 1. The molecule has 0 aliphatic carbocycles. The summed E-state index contributed by atoms with van der Waals surface area (Å²) < 4.78 is 11.2. The van der Waals surface area contributed by atoms with Crippen molar-refractivity contribution in [2.75, 3.05) is 10.6 Å². The molecule has 0 atom stereocenters. The van der Waals surface area contributed by atoms with Crippen LogP contribution in [0.2, 0.25) is 0 Å². The second-order valence-electron chi connectivity index (χ2n) is 7.33. The van der Waals surface area contributed by atoms with Crippen LogP contribution in [-0.4, -0.2) is 17.9 Å². The third kappa shape index (κ3) is 4.93. The fraction of sp³-hybridized carbons (Fsp3) is 0.120. The quantitative estimate of drug-likeness (QED) is 0.423. The Hall–Kier alpha value is -4.06. The molecule has 0 saturated heterocycles. The van der Waals surface area contributed by atoms with Gasteiger partial charge in [0.2, 0.25) is 0 Å². The Kier molecular flexibility index (Phi) is 5.71. The molecule has 1 heterocycles. The van der Waals surface area contributed by atoms with Crippen molar-refractivity contribution < 1.29 is 18.7 Å². The van der Waals surface area contributed by atoms with E-state index in [0.29, 0.717) is 28.3 Å². The number of ether oxygens (including phenoxy) is 1. The maximum absolute atomic E-state index is 12.5. The van der Waals surface area contributed by atoms with Crippen LogP contribution in [-0.2, 0) is 0 Å². The van der Waals surface area contributed by atoms with Crippen LogP contribution < -0.4 is 15.4 Å². The molecule has 2 amide bonds. The number of para-hydroxylation sites is 1. The van der Waals surface area contributed by atoms with Gasteiger partial charge in [0.05, 0.1) is 6.10 Å².